The third-order valence-electron chi connectivity index (χ3n) is 12.0. The van der Waals surface area contributed by atoms with E-state index in [-0.39, 0.29) is 5.30 Å². The van der Waals surface area contributed by atoms with Gasteiger partial charge in [0.1, 0.15) is 0 Å². The van der Waals surface area contributed by atoms with Crippen molar-refractivity contribution >= 4 is 17.1 Å². The Bertz CT molecular complexity index is 804. The average molecular weight is 545 g/mol. The number of fused-ring (bicyclic) bond motifs is 5. The van der Waals surface area contributed by atoms with E-state index in [2.05, 4.69) is 47.6 Å². The SMILES string of the molecule is CCCCCCCOC(=O)S[C@@H]1CC[C@@]2(C)C(=CC[C@H]3[C@@H]4CC[C@H]([C@@H](C)CCCC(C)C)[C@@]4(C)CC[C@@H]32)C1. The molecule has 0 radical (unpaired) electrons. The molecule has 2 nitrogen and oxygen atoms in total. The van der Waals surface area contributed by atoms with Gasteiger partial charge in [-0.1, -0.05) is 98.1 Å². The molecule has 4 rings (SSSR count). The van der Waals surface area contributed by atoms with Crippen molar-refractivity contribution in [2.75, 3.05) is 6.61 Å². The minimum absolute atomic E-state index is 0.0312. The van der Waals surface area contributed by atoms with E-state index in [4.69, 9.17) is 4.74 Å². The lowest BCUT2D eigenvalue weighted by Gasteiger charge is -2.58. The van der Waals surface area contributed by atoms with Gasteiger partial charge in [0, 0.05) is 5.25 Å². The van der Waals surface area contributed by atoms with E-state index >= 15 is 0 Å². The Labute approximate surface area is 240 Å². The summed E-state index contributed by atoms with van der Waals surface area (Å²) in [5, 5.41) is 0.381. The number of allylic oxidation sites excluding steroid dienone is 2. The smallest absolute Gasteiger partial charge is 0.367 e. The molecule has 4 aliphatic carbocycles. The lowest BCUT2D eigenvalue weighted by Crippen LogP contribution is -2.50. The number of hydrogen-bond donors (Lipinski definition) is 0. The Kier molecular flexibility index (Phi) is 10.8. The molecule has 3 fully saturated rings. The van der Waals surface area contributed by atoms with Gasteiger partial charge < -0.3 is 4.74 Å². The first-order valence-corrected chi connectivity index (χ1v) is 17.6. The summed E-state index contributed by atoms with van der Waals surface area (Å²) < 4.78 is 5.60. The second-order valence-corrected chi connectivity index (χ2v) is 16.0. The normalized spacial score (nSPS) is 37.2. The van der Waals surface area contributed by atoms with Crippen LogP contribution < -0.4 is 0 Å². The molecular formula is C35H60O2S. The van der Waals surface area contributed by atoms with E-state index in [9.17, 15) is 4.79 Å². The largest absolute Gasteiger partial charge is 0.458 e. The zero-order chi connectivity index (χ0) is 27.3. The maximum absolute atomic E-state index is 12.5. The standard InChI is InChI=1S/C35H60O2S/c1-7-8-9-10-11-23-37-33(36)38-28-19-21-34(5)27(24-28)15-16-29-31-18-17-30(26(4)14-12-13-25(2)3)35(31,6)22-20-32(29)34/h15,25-26,28-32H,7-14,16-24H2,1-6H3/t26-,28+,29-,30+,31-,32-,34-,35+/m0/s1. The van der Waals surface area contributed by atoms with Gasteiger partial charge in [0.2, 0.25) is 0 Å². The topological polar surface area (TPSA) is 26.3 Å². The van der Waals surface area contributed by atoms with Gasteiger partial charge in [-0.2, -0.15) is 0 Å². The van der Waals surface area contributed by atoms with Crippen LogP contribution in [0.3, 0.4) is 0 Å². The van der Waals surface area contributed by atoms with Gasteiger partial charge in [0.05, 0.1) is 6.61 Å². The van der Waals surface area contributed by atoms with Gasteiger partial charge in [-0.05, 0) is 116 Å². The number of ether oxygens (including phenoxy) is 1. The van der Waals surface area contributed by atoms with Crippen LogP contribution in [0, 0.1) is 46.3 Å². The predicted molar refractivity (Wildman–Crippen MR) is 165 cm³/mol. The molecule has 0 saturated heterocycles. The first-order valence-electron chi connectivity index (χ1n) is 16.7. The van der Waals surface area contributed by atoms with Gasteiger partial charge in [-0.15, -0.1) is 0 Å². The Balaban J connectivity index is 1.31. The fourth-order valence-electron chi connectivity index (χ4n) is 9.78. The molecular weight excluding hydrogens is 484 g/mol. The van der Waals surface area contributed by atoms with E-state index in [1.165, 1.54) is 102 Å². The molecule has 8 atom stereocenters. The van der Waals surface area contributed by atoms with E-state index < -0.39 is 0 Å². The van der Waals surface area contributed by atoms with E-state index in [0.29, 0.717) is 22.7 Å². The van der Waals surface area contributed by atoms with Crippen molar-refractivity contribution in [3.8, 4) is 0 Å². The molecule has 0 aromatic carbocycles. The fourth-order valence-corrected chi connectivity index (χ4v) is 10.7. The number of carbonyl (C=O) groups is 1. The van der Waals surface area contributed by atoms with Crippen molar-refractivity contribution in [2.45, 2.75) is 150 Å². The second-order valence-electron chi connectivity index (χ2n) is 14.8. The van der Waals surface area contributed by atoms with Crippen molar-refractivity contribution in [1.82, 2.24) is 0 Å². The highest BCUT2D eigenvalue weighted by molar-refractivity contribution is 8.13. The van der Waals surface area contributed by atoms with Crippen LogP contribution in [0.25, 0.3) is 0 Å². The van der Waals surface area contributed by atoms with E-state index in [1.54, 1.807) is 5.57 Å². The second kappa shape index (κ2) is 13.5. The van der Waals surface area contributed by atoms with Crippen LogP contribution in [0.1, 0.15) is 144 Å². The van der Waals surface area contributed by atoms with Crippen molar-refractivity contribution in [3.63, 3.8) is 0 Å². The molecule has 218 valence electrons. The Morgan fingerprint density at radius 3 is 2.53 bits per heavy atom. The third-order valence-corrected chi connectivity index (χ3v) is 13.0. The molecule has 0 aromatic rings. The van der Waals surface area contributed by atoms with Gasteiger partial charge >= 0.3 is 5.30 Å². The summed E-state index contributed by atoms with van der Waals surface area (Å²) in [5.74, 6) is 5.33. The summed E-state index contributed by atoms with van der Waals surface area (Å²) in [6.45, 7) is 15.5. The van der Waals surface area contributed by atoms with Crippen LogP contribution in [0.15, 0.2) is 11.6 Å². The van der Waals surface area contributed by atoms with Crippen LogP contribution in [0.2, 0.25) is 0 Å². The van der Waals surface area contributed by atoms with Crippen LogP contribution in [0.5, 0.6) is 0 Å². The highest BCUT2D eigenvalue weighted by Crippen LogP contribution is 2.67. The van der Waals surface area contributed by atoms with Gasteiger partial charge in [-0.3, -0.25) is 0 Å². The molecule has 0 bridgehead atoms. The highest BCUT2D eigenvalue weighted by atomic mass is 32.2. The summed E-state index contributed by atoms with van der Waals surface area (Å²) in [6, 6.07) is 0. The molecule has 38 heavy (non-hydrogen) atoms. The van der Waals surface area contributed by atoms with E-state index in [0.717, 1.165) is 48.3 Å². The molecule has 0 aromatic heterocycles. The average Bonchev–Trinajstić information content (AvgIpc) is 3.23. The maximum Gasteiger partial charge on any atom is 0.367 e. The molecule has 4 aliphatic rings. The third kappa shape index (κ3) is 6.71. The zero-order valence-electron chi connectivity index (χ0n) is 25.9. The summed E-state index contributed by atoms with van der Waals surface area (Å²) in [5.41, 5.74) is 2.62. The number of carbonyl (C=O) groups excluding carboxylic acids is 1. The van der Waals surface area contributed by atoms with Gasteiger partial charge in [-0.25, -0.2) is 4.79 Å². The van der Waals surface area contributed by atoms with Crippen LogP contribution in [0.4, 0.5) is 4.79 Å². The first kappa shape index (κ1) is 30.5. The monoisotopic (exact) mass is 544 g/mol. The zero-order valence-corrected chi connectivity index (χ0v) is 26.7. The molecule has 3 saturated carbocycles. The van der Waals surface area contributed by atoms with Gasteiger partial charge in [0.25, 0.3) is 0 Å². The number of thioether (sulfide) groups is 1. The van der Waals surface area contributed by atoms with Crippen molar-refractivity contribution in [1.29, 1.82) is 0 Å². The summed E-state index contributed by atoms with van der Waals surface area (Å²) >= 11 is 1.50. The molecule has 0 amide bonds. The molecule has 0 N–H and O–H groups in total. The van der Waals surface area contributed by atoms with Crippen LogP contribution in [-0.4, -0.2) is 17.2 Å². The summed E-state index contributed by atoms with van der Waals surface area (Å²) in [7, 11) is 0. The lowest BCUT2D eigenvalue weighted by atomic mass is 9.47. The molecule has 0 aliphatic heterocycles. The number of unbranched alkanes of at least 4 members (excludes halogenated alkanes) is 4. The van der Waals surface area contributed by atoms with Crippen molar-refractivity contribution < 1.29 is 9.53 Å². The van der Waals surface area contributed by atoms with Crippen molar-refractivity contribution in [2.24, 2.45) is 46.3 Å². The first-order chi connectivity index (χ1) is 18.2. The quantitative estimate of drug-likeness (QED) is 0.139. The molecule has 3 heteroatoms. The summed E-state index contributed by atoms with van der Waals surface area (Å²) in [4.78, 5) is 12.5. The maximum atomic E-state index is 12.5. The summed E-state index contributed by atoms with van der Waals surface area (Å²) in [6.07, 6.45) is 23.6. The van der Waals surface area contributed by atoms with Gasteiger partial charge in [0.15, 0.2) is 0 Å². The Morgan fingerprint density at radius 2 is 1.76 bits per heavy atom. The highest BCUT2D eigenvalue weighted by Gasteiger charge is 2.59. The van der Waals surface area contributed by atoms with Crippen LogP contribution in [-0.2, 0) is 4.74 Å². The van der Waals surface area contributed by atoms with Crippen LogP contribution >= 0.6 is 11.8 Å². The van der Waals surface area contributed by atoms with Crippen molar-refractivity contribution in [3.05, 3.63) is 11.6 Å². The van der Waals surface area contributed by atoms with E-state index in [1.807, 2.05) is 0 Å². The predicted octanol–water partition coefficient (Wildman–Crippen LogP) is 11.2. The minimum Gasteiger partial charge on any atom is -0.458 e. The lowest BCUT2D eigenvalue weighted by molar-refractivity contribution is -0.0497. The molecule has 0 unspecified atom stereocenters. The number of rotatable bonds is 12. The molecule has 0 spiro atoms. The molecule has 0 heterocycles. The Hall–Kier alpha value is -0.440. The number of hydrogen-bond acceptors (Lipinski definition) is 3. The fraction of sp³-hybridized carbons (Fsp3) is 0.914. The minimum atomic E-state index is -0.0312. The Morgan fingerprint density at radius 1 is 0.974 bits per heavy atom.